The van der Waals surface area contributed by atoms with E-state index in [0.717, 1.165) is 30.9 Å². The highest BCUT2D eigenvalue weighted by molar-refractivity contribution is 9.11. The zero-order valence-electron chi connectivity index (χ0n) is 12.8. The summed E-state index contributed by atoms with van der Waals surface area (Å²) in [7, 11) is 0. The number of ketones is 1. The summed E-state index contributed by atoms with van der Waals surface area (Å²) >= 11 is 5.02. The monoisotopic (exact) mass is 350 g/mol. The van der Waals surface area contributed by atoms with Crippen LogP contribution in [0, 0.1) is 41.5 Å². The maximum absolute atomic E-state index is 12.9. The molecule has 0 atom stereocenters. The Balaban J connectivity index is 2.67. The summed E-state index contributed by atoms with van der Waals surface area (Å²) in [4.78, 5) is 13.7. The minimum Gasteiger partial charge on any atom is -0.288 e. The summed E-state index contributed by atoms with van der Waals surface area (Å²) in [6.07, 6.45) is 0. The molecule has 1 nitrogen and oxygen atoms in total. The summed E-state index contributed by atoms with van der Waals surface area (Å²) in [6, 6.07) is 1.97. The lowest BCUT2D eigenvalue weighted by Gasteiger charge is -2.17. The van der Waals surface area contributed by atoms with Crippen LogP contribution >= 0.6 is 27.3 Å². The standard InChI is InChI=1S/C17H19BrOS/c1-8-7-14(20-17(8)18)16(19)15-12(5)10(3)9(2)11(4)13(15)6/h7H,1-6H3. The fourth-order valence-electron chi connectivity index (χ4n) is 2.54. The molecule has 0 aliphatic heterocycles. The average molecular weight is 351 g/mol. The molecule has 3 heteroatoms. The van der Waals surface area contributed by atoms with Crippen molar-refractivity contribution in [3.63, 3.8) is 0 Å². The van der Waals surface area contributed by atoms with Crippen LogP contribution in [0.5, 0.6) is 0 Å². The molecule has 0 saturated carbocycles. The van der Waals surface area contributed by atoms with Crippen LogP contribution in [0.1, 0.15) is 48.6 Å². The Morgan fingerprint density at radius 3 is 1.75 bits per heavy atom. The third-order valence-corrected chi connectivity index (χ3v) is 6.44. The second-order valence-electron chi connectivity index (χ2n) is 5.40. The first-order chi connectivity index (χ1) is 9.25. The highest BCUT2D eigenvalue weighted by atomic mass is 79.9. The third-order valence-electron chi connectivity index (χ3n) is 4.31. The molecule has 1 heterocycles. The van der Waals surface area contributed by atoms with Gasteiger partial charge in [0.1, 0.15) is 0 Å². The predicted molar refractivity (Wildman–Crippen MR) is 90.3 cm³/mol. The Morgan fingerprint density at radius 1 is 0.900 bits per heavy atom. The van der Waals surface area contributed by atoms with E-state index in [0.29, 0.717) is 0 Å². The average Bonchev–Trinajstić information content (AvgIpc) is 2.74. The number of hydrogen-bond acceptors (Lipinski definition) is 2. The summed E-state index contributed by atoms with van der Waals surface area (Å²) < 4.78 is 1.04. The summed E-state index contributed by atoms with van der Waals surface area (Å²) in [5, 5.41) is 0. The molecular formula is C17H19BrOS. The maximum Gasteiger partial charge on any atom is 0.203 e. The van der Waals surface area contributed by atoms with E-state index < -0.39 is 0 Å². The van der Waals surface area contributed by atoms with Crippen LogP contribution in [0.25, 0.3) is 0 Å². The first kappa shape index (κ1) is 15.5. The van der Waals surface area contributed by atoms with Crippen molar-refractivity contribution in [2.75, 3.05) is 0 Å². The Bertz CT molecular complexity index is 662. The number of rotatable bonds is 2. The van der Waals surface area contributed by atoms with E-state index >= 15 is 0 Å². The lowest BCUT2D eigenvalue weighted by atomic mass is 9.87. The summed E-state index contributed by atoms with van der Waals surface area (Å²) in [5.41, 5.74) is 7.96. The fourth-order valence-corrected chi connectivity index (χ4v) is 4.02. The number of carbonyl (C=O) groups excluding carboxylic acids is 1. The van der Waals surface area contributed by atoms with E-state index in [1.807, 2.05) is 13.0 Å². The van der Waals surface area contributed by atoms with Crippen LogP contribution < -0.4 is 0 Å². The molecule has 0 saturated heterocycles. The molecule has 106 valence electrons. The molecule has 20 heavy (non-hydrogen) atoms. The normalized spacial score (nSPS) is 10.9. The molecule has 0 aliphatic rings. The zero-order valence-corrected chi connectivity index (χ0v) is 15.2. The van der Waals surface area contributed by atoms with Crippen LogP contribution in [0.15, 0.2) is 9.85 Å². The maximum atomic E-state index is 12.9. The second-order valence-corrected chi connectivity index (χ2v) is 7.77. The highest BCUT2D eigenvalue weighted by Gasteiger charge is 2.21. The van der Waals surface area contributed by atoms with E-state index in [9.17, 15) is 4.79 Å². The van der Waals surface area contributed by atoms with E-state index in [1.54, 1.807) is 0 Å². The Labute approximate surface area is 133 Å². The van der Waals surface area contributed by atoms with Crippen LogP contribution in [-0.2, 0) is 0 Å². The van der Waals surface area contributed by atoms with E-state index in [4.69, 9.17) is 0 Å². The van der Waals surface area contributed by atoms with Crippen LogP contribution in [0.3, 0.4) is 0 Å². The van der Waals surface area contributed by atoms with Gasteiger partial charge in [-0.1, -0.05) is 0 Å². The van der Waals surface area contributed by atoms with Crippen molar-refractivity contribution >= 4 is 33.0 Å². The molecule has 0 amide bonds. The Hall–Kier alpha value is -0.930. The van der Waals surface area contributed by atoms with Gasteiger partial charge < -0.3 is 0 Å². The van der Waals surface area contributed by atoms with E-state index in [2.05, 4.69) is 50.5 Å². The number of benzene rings is 1. The first-order valence-electron chi connectivity index (χ1n) is 6.63. The Kier molecular flexibility index (Phi) is 4.22. The van der Waals surface area contributed by atoms with Gasteiger partial charge in [-0.05, 0) is 96.9 Å². The van der Waals surface area contributed by atoms with Gasteiger partial charge in [0.25, 0.3) is 0 Å². The van der Waals surface area contributed by atoms with Crippen molar-refractivity contribution < 1.29 is 4.79 Å². The molecule has 2 rings (SSSR count). The van der Waals surface area contributed by atoms with Crippen molar-refractivity contribution in [1.29, 1.82) is 0 Å². The minimum absolute atomic E-state index is 0.144. The molecule has 0 N–H and O–H groups in total. The lowest BCUT2D eigenvalue weighted by molar-refractivity contribution is 0.104. The fraction of sp³-hybridized carbons (Fsp3) is 0.353. The highest BCUT2D eigenvalue weighted by Crippen LogP contribution is 2.32. The lowest BCUT2D eigenvalue weighted by Crippen LogP contribution is -2.09. The molecule has 0 bridgehead atoms. The number of hydrogen-bond donors (Lipinski definition) is 0. The second kappa shape index (κ2) is 5.45. The molecule has 0 spiro atoms. The molecular weight excluding hydrogens is 332 g/mol. The minimum atomic E-state index is 0.144. The number of thiophene rings is 1. The van der Waals surface area contributed by atoms with Crippen molar-refractivity contribution in [3.05, 3.63) is 53.7 Å². The predicted octanol–water partition coefficient (Wildman–Crippen LogP) is 5.59. The molecule has 1 aromatic heterocycles. The SMILES string of the molecule is Cc1cc(C(=O)c2c(C)c(C)c(C)c(C)c2C)sc1Br. The number of aryl methyl sites for hydroxylation is 1. The van der Waals surface area contributed by atoms with Crippen molar-refractivity contribution in [2.45, 2.75) is 41.5 Å². The van der Waals surface area contributed by atoms with Crippen LogP contribution in [-0.4, -0.2) is 5.78 Å². The largest absolute Gasteiger partial charge is 0.288 e. The van der Waals surface area contributed by atoms with Gasteiger partial charge >= 0.3 is 0 Å². The molecule has 1 aromatic carbocycles. The van der Waals surface area contributed by atoms with Gasteiger partial charge in [-0.15, -0.1) is 11.3 Å². The zero-order chi connectivity index (χ0) is 15.2. The quantitative estimate of drug-likeness (QED) is 0.645. The van der Waals surface area contributed by atoms with Crippen molar-refractivity contribution in [3.8, 4) is 0 Å². The Morgan fingerprint density at radius 2 is 1.35 bits per heavy atom. The molecule has 0 aliphatic carbocycles. The molecule has 0 unspecified atom stereocenters. The topological polar surface area (TPSA) is 17.1 Å². The van der Waals surface area contributed by atoms with Crippen LogP contribution in [0.2, 0.25) is 0 Å². The first-order valence-corrected chi connectivity index (χ1v) is 8.24. The summed E-state index contributed by atoms with van der Waals surface area (Å²) in [6.45, 7) is 12.5. The molecule has 0 fully saturated rings. The van der Waals surface area contributed by atoms with Gasteiger partial charge in [-0.2, -0.15) is 0 Å². The van der Waals surface area contributed by atoms with Gasteiger partial charge in [-0.3, -0.25) is 4.79 Å². The smallest absolute Gasteiger partial charge is 0.203 e. The van der Waals surface area contributed by atoms with Crippen LogP contribution in [0.4, 0.5) is 0 Å². The van der Waals surface area contributed by atoms with Crippen molar-refractivity contribution in [2.24, 2.45) is 0 Å². The van der Waals surface area contributed by atoms with Gasteiger partial charge in [0.2, 0.25) is 5.78 Å². The number of halogens is 1. The van der Waals surface area contributed by atoms with Crippen molar-refractivity contribution in [1.82, 2.24) is 0 Å². The van der Waals surface area contributed by atoms with E-state index in [-0.39, 0.29) is 5.78 Å². The number of carbonyl (C=O) groups is 1. The molecule has 2 aromatic rings. The summed E-state index contributed by atoms with van der Waals surface area (Å²) in [5.74, 6) is 0.144. The van der Waals surface area contributed by atoms with Gasteiger partial charge in [0, 0.05) is 5.56 Å². The van der Waals surface area contributed by atoms with E-state index in [1.165, 1.54) is 28.0 Å². The molecule has 0 radical (unpaired) electrons. The van der Waals surface area contributed by atoms with Gasteiger partial charge in [-0.25, -0.2) is 0 Å². The van der Waals surface area contributed by atoms with Gasteiger partial charge in [0.15, 0.2) is 0 Å². The third kappa shape index (κ3) is 2.38. The van der Waals surface area contributed by atoms with Gasteiger partial charge in [0.05, 0.1) is 8.66 Å².